The number of anilines is 1. The topological polar surface area (TPSA) is 96.0 Å². The van der Waals surface area contributed by atoms with E-state index in [1.54, 1.807) is 61.5 Å². The van der Waals surface area contributed by atoms with E-state index in [0.29, 0.717) is 33.0 Å². The van der Waals surface area contributed by atoms with Crippen molar-refractivity contribution in [1.82, 2.24) is 10.2 Å². The first kappa shape index (κ1) is 32.4. The summed E-state index contributed by atoms with van der Waals surface area (Å²) in [5, 5.41) is 3.36. The fourth-order valence-electron chi connectivity index (χ4n) is 4.13. The molecule has 3 aromatic carbocycles. The molecule has 8 nitrogen and oxygen atoms in total. The van der Waals surface area contributed by atoms with E-state index in [-0.39, 0.29) is 17.3 Å². The first-order chi connectivity index (χ1) is 19.5. The number of hydrogen-bond acceptors (Lipinski definition) is 5. The highest BCUT2D eigenvalue weighted by molar-refractivity contribution is 9.10. The number of halogens is 2. The van der Waals surface area contributed by atoms with Crippen molar-refractivity contribution in [2.45, 2.75) is 51.1 Å². The SMILES string of the molecule is CCCCNC(=O)[C@@H](C)N(Cc1cccc(Cl)c1)C(=O)CN(c1ccc(C)cc1)S(=O)(=O)c1ccc(OC)c(Br)c1. The third-order valence-electron chi connectivity index (χ3n) is 6.55. The van der Waals surface area contributed by atoms with Crippen LogP contribution in [0.1, 0.15) is 37.8 Å². The molecule has 0 aliphatic rings. The molecular formula is C30H35BrClN3O5S. The second-order valence-corrected chi connectivity index (χ2v) is 12.8. The molecule has 0 radical (unpaired) electrons. The Hall–Kier alpha value is -3.08. The fraction of sp³-hybridized carbons (Fsp3) is 0.333. The Balaban J connectivity index is 2.02. The lowest BCUT2D eigenvalue weighted by Gasteiger charge is -2.32. The summed E-state index contributed by atoms with van der Waals surface area (Å²) < 4.78 is 34.8. The third kappa shape index (κ3) is 8.47. The quantitative estimate of drug-likeness (QED) is 0.228. The molecule has 3 rings (SSSR count). The maximum Gasteiger partial charge on any atom is 0.264 e. The molecule has 41 heavy (non-hydrogen) atoms. The van der Waals surface area contributed by atoms with Gasteiger partial charge in [-0.05, 0) is 84.2 Å². The van der Waals surface area contributed by atoms with E-state index >= 15 is 0 Å². The van der Waals surface area contributed by atoms with Gasteiger partial charge in [-0.25, -0.2) is 8.42 Å². The van der Waals surface area contributed by atoms with Crippen molar-refractivity contribution < 1.29 is 22.7 Å². The Bertz CT molecular complexity index is 1470. The van der Waals surface area contributed by atoms with Gasteiger partial charge < -0.3 is 15.0 Å². The van der Waals surface area contributed by atoms with Gasteiger partial charge in [0.2, 0.25) is 11.8 Å². The van der Waals surface area contributed by atoms with Crippen LogP contribution in [0.4, 0.5) is 5.69 Å². The predicted octanol–water partition coefficient (Wildman–Crippen LogP) is 5.95. The van der Waals surface area contributed by atoms with E-state index in [1.165, 1.54) is 24.1 Å². The zero-order valence-electron chi connectivity index (χ0n) is 23.6. The van der Waals surface area contributed by atoms with Crippen molar-refractivity contribution >= 4 is 55.1 Å². The molecule has 0 fully saturated rings. The van der Waals surface area contributed by atoms with Crippen LogP contribution in [0.25, 0.3) is 0 Å². The second kappa shape index (κ2) is 14.7. The summed E-state index contributed by atoms with van der Waals surface area (Å²) in [4.78, 5) is 28.4. The number of carbonyl (C=O) groups excluding carboxylic acids is 2. The summed E-state index contributed by atoms with van der Waals surface area (Å²) in [7, 11) is -2.72. The molecule has 220 valence electrons. The lowest BCUT2D eigenvalue weighted by molar-refractivity contribution is -0.139. The first-order valence-corrected chi connectivity index (χ1v) is 15.8. The van der Waals surface area contributed by atoms with Crippen LogP contribution in [0, 0.1) is 6.92 Å². The molecule has 1 N–H and O–H groups in total. The molecular weight excluding hydrogens is 630 g/mol. The van der Waals surface area contributed by atoms with Gasteiger partial charge in [-0.3, -0.25) is 13.9 Å². The molecule has 0 saturated carbocycles. The van der Waals surface area contributed by atoms with Gasteiger partial charge in [0, 0.05) is 18.1 Å². The van der Waals surface area contributed by atoms with Gasteiger partial charge in [-0.2, -0.15) is 0 Å². The number of rotatable bonds is 13. The summed E-state index contributed by atoms with van der Waals surface area (Å²) in [5.74, 6) is -0.393. The van der Waals surface area contributed by atoms with Gasteiger partial charge in [0.05, 0.1) is 22.2 Å². The smallest absolute Gasteiger partial charge is 0.264 e. The Morgan fingerprint density at radius 1 is 1.07 bits per heavy atom. The summed E-state index contributed by atoms with van der Waals surface area (Å²) in [6.45, 7) is 5.57. The number of carbonyl (C=O) groups is 2. The maximum absolute atomic E-state index is 14.0. The minimum absolute atomic E-state index is 0.0229. The molecule has 0 bridgehead atoms. The predicted molar refractivity (Wildman–Crippen MR) is 166 cm³/mol. The normalized spacial score (nSPS) is 12.0. The van der Waals surface area contributed by atoms with Crippen molar-refractivity contribution in [2.24, 2.45) is 0 Å². The zero-order valence-corrected chi connectivity index (χ0v) is 26.7. The number of ether oxygens (including phenoxy) is 1. The average molecular weight is 665 g/mol. The minimum Gasteiger partial charge on any atom is -0.496 e. The summed E-state index contributed by atoms with van der Waals surface area (Å²) in [6, 6.07) is 17.4. The summed E-state index contributed by atoms with van der Waals surface area (Å²) >= 11 is 9.54. The Labute approximate surface area is 255 Å². The number of sulfonamides is 1. The standard InChI is InChI=1S/C30H35BrClN3O5S/c1-5-6-16-33-30(37)22(3)34(19-23-8-7-9-24(32)17-23)29(36)20-35(25-12-10-21(2)11-13-25)41(38,39)26-14-15-28(40-4)27(31)18-26/h7-15,17-18,22H,5-6,16,19-20H2,1-4H3,(H,33,37)/t22-/m1/s1. The van der Waals surface area contributed by atoms with Gasteiger partial charge in [0.1, 0.15) is 18.3 Å². The number of aryl methyl sites for hydroxylation is 1. The Kier molecular flexibility index (Phi) is 11.6. The van der Waals surface area contributed by atoms with Crippen LogP contribution in [0.3, 0.4) is 0 Å². The number of hydrogen-bond donors (Lipinski definition) is 1. The number of amides is 2. The van der Waals surface area contributed by atoms with Gasteiger partial charge >= 0.3 is 0 Å². The van der Waals surface area contributed by atoms with Crippen LogP contribution in [0.2, 0.25) is 5.02 Å². The van der Waals surface area contributed by atoms with E-state index in [9.17, 15) is 18.0 Å². The van der Waals surface area contributed by atoms with Crippen molar-refractivity contribution in [1.29, 1.82) is 0 Å². The van der Waals surface area contributed by atoms with Crippen LogP contribution in [0.5, 0.6) is 5.75 Å². The lowest BCUT2D eigenvalue weighted by atomic mass is 10.1. The van der Waals surface area contributed by atoms with Crippen molar-refractivity contribution in [3.05, 3.63) is 87.4 Å². The number of nitrogens with zero attached hydrogens (tertiary/aromatic N) is 2. The van der Waals surface area contributed by atoms with E-state index in [0.717, 1.165) is 22.7 Å². The largest absolute Gasteiger partial charge is 0.496 e. The number of benzene rings is 3. The van der Waals surface area contributed by atoms with Crippen molar-refractivity contribution in [3.8, 4) is 5.75 Å². The Morgan fingerprint density at radius 2 is 1.78 bits per heavy atom. The molecule has 0 aliphatic carbocycles. The average Bonchev–Trinajstić information content (AvgIpc) is 2.94. The second-order valence-electron chi connectivity index (χ2n) is 9.62. The van der Waals surface area contributed by atoms with Crippen LogP contribution in [-0.2, 0) is 26.2 Å². The van der Waals surface area contributed by atoms with Crippen molar-refractivity contribution in [2.75, 3.05) is 24.5 Å². The molecule has 0 unspecified atom stereocenters. The van der Waals surface area contributed by atoms with Gasteiger partial charge in [0.15, 0.2) is 0 Å². The number of methoxy groups -OCH3 is 1. The van der Waals surface area contributed by atoms with Crippen LogP contribution < -0.4 is 14.4 Å². The van der Waals surface area contributed by atoms with E-state index in [2.05, 4.69) is 21.2 Å². The first-order valence-electron chi connectivity index (χ1n) is 13.2. The van der Waals surface area contributed by atoms with E-state index < -0.39 is 28.5 Å². The molecule has 0 aliphatic heterocycles. The minimum atomic E-state index is -4.21. The zero-order chi connectivity index (χ0) is 30.2. The molecule has 0 heterocycles. The molecule has 0 saturated heterocycles. The summed E-state index contributed by atoms with van der Waals surface area (Å²) in [6.07, 6.45) is 1.71. The van der Waals surface area contributed by atoms with E-state index in [4.69, 9.17) is 16.3 Å². The van der Waals surface area contributed by atoms with Crippen LogP contribution >= 0.6 is 27.5 Å². The molecule has 2 amide bonds. The molecule has 0 spiro atoms. The van der Waals surface area contributed by atoms with Crippen LogP contribution in [-0.4, -0.2) is 51.4 Å². The van der Waals surface area contributed by atoms with Gasteiger partial charge in [-0.15, -0.1) is 0 Å². The monoisotopic (exact) mass is 663 g/mol. The van der Waals surface area contributed by atoms with Crippen LogP contribution in [0.15, 0.2) is 76.1 Å². The van der Waals surface area contributed by atoms with Crippen molar-refractivity contribution in [3.63, 3.8) is 0 Å². The number of unbranched alkanes of at least 4 members (excludes halogenated alkanes) is 1. The van der Waals surface area contributed by atoms with E-state index in [1.807, 2.05) is 13.8 Å². The summed E-state index contributed by atoms with van der Waals surface area (Å²) in [5.41, 5.74) is 1.96. The highest BCUT2D eigenvalue weighted by Crippen LogP contribution is 2.31. The molecule has 0 aromatic heterocycles. The Morgan fingerprint density at radius 3 is 2.39 bits per heavy atom. The lowest BCUT2D eigenvalue weighted by Crippen LogP contribution is -2.51. The third-order valence-corrected chi connectivity index (χ3v) is 9.18. The number of nitrogens with one attached hydrogen (secondary N) is 1. The molecule has 1 atom stereocenters. The molecule has 11 heteroatoms. The van der Waals surface area contributed by atoms with Gasteiger partial charge in [0.25, 0.3) is 10.0 Å². The van der Waals surface area contributed by atoms with Gasteiger partial charge in [-0.1, -0.05) is 54.8 Å². The molecule has 3 aromatic rings. The fourth-order valence-corrected chi connectivity index (χ4v) is 6.47. The highest BCUT2D eigenvalue weighted by Gasteiger charge is 2.32. The maximum atomic E-state index is 14.0. The highest BCUT2D eigenvalue weighted by atomic mass is 79.9.